The molecule has 2 unspecified atom stereocenters. The predicted octanol–water partition coefficient (Wildman–Crippen LogP) is 2.58. The van der Waals surface area contributed by atoms with Crippen LogP contribution < -0.4 is 0 Å². The maximum atomic E-state index is 13.3. The Kier molecular flexibility index (Phi) is 2.72. The minimum Gasteiger partial charge on any atom is -0.384 e. The normalized spacial score (nSPS) is 33.0. The van der Waals surface area contributed by atoms with Crippen LogP contribution in [0, 0.1) is 12.7 Å². The Morgan fingerprint density at radius 1 is 1.39 bits per heavy atom. The Hall–Kier alpha value is -0.930. The van der Waals surface area contributed by atoms with E-state index in [4.69, 9.17) is 0 Å². The van der Waals surface area contributed by atoms with Gasteiger partial charge >= 0.3 is 0 Å². The molecule has 2 aliphatic rings. The second-order valence-corrected chi connectivity index (χ2v) is 5.95. The molecule has 98 valence electrons. The van der Waals surface area contributed by atoms with Crippen molar-refractivity contribution in [2.45, 2.75) is 50.8 Å². The van der Waals surface area contributed by atoms with E-state index in [1.807, 2.05) is 0 Å². The molecule has 1 N–H and O–H groups in total. The fourth-order valence-electron chi connectivity index (χ4n) is 3.17. The van der Waals surface area contributed by atoms with Gasteiger partial charge in [0.25, 0.3) is 0 Å². The maximum Gasteiger partial charge on any atom is 0.126 e. The molecule has 2 nitrogen and oxygen atoms in total. The van der Waals surface area contributed by atoms with Gasteiger partial charge in [-0.3, -0.25) is 4.90 Å². The molecule has 2 atom stereocenters. The first kappa shape index (κ1) is 12.1. The minimum atomic E-state index is -0.805. The fourth-order valence-corrected chi connectivity index (χ4v) is 3.17. The highest BCUT2D eigenvalue weighted by Crippen LogP contribution is 2.41. The summed E-state index contributed by atoms with van der Waals surface area (Å²) in [5, 5.41) is 10.8. The van der Waals surface area contributed by atoms with Crippen LogP contribution >= 0.6 is 0 Å². The Balaban J connectivity index is 1.88. The van der Waals surface area contributed by atoms with Crippen LogP contribution in [0.1, 0.15) is 37.3 Å². The molecular weight excluding hydrogens is 229 g/mol. The molecule has 0 bridgehead atoms. The zero-order valence-corrected chi connectivity index (χ0v) is 11.0. The third-order valence-corrected chi connectivity index (χ3v) is 4.35. The van der Waals surface area contributed by atoms with Crippen LogP contribution in [0.3, 0.4) is 0 Å². The second-order valence-electron chi connectivity index (χ2n) is 5.95. The second kappa shape index (κ2) is 4.04. The van der Waals surface area contributed by atoms with Gasteiger partial charge in [0.2, 0.25) is 0 Å². The van der Waals surface area contributed by atoms with Crippen molar-refractivity contribution >= 4 is 0 Å². The topological polar surface area (TPSA) is 23.5 Å². The lowest BCUT2D eigenvalue weighted by atomic mass is 9.90. The summed E-state index contributed by atoms with van der Waals surface area (Å²) in [6.45, 7) is 4.61. The van der Waals surface area contributed by atoms with Crippen LogP contribution in [-0.4, -0.2) is 28.6 Å². The minimum absolute atomic E-state index is 0.201. The molecule has 0 radical (unpaired) electrons. The first-order chi connectivity index (χ1) is 8.49. The largest absolute Gasteiger partial charge is 0.384 e. The molecule has 1 aliphatic carbocycles. The Morgan fingerprint density at radius 3 is 2.72 bits per heavy atom. The van der Waals surface area contributed by atoms with Crippen molar-refractivity contribution in [3.63, 3.8) is 0 Å². The zero-order chi connectivity index (χ0) is 12.9. The van der Waals surface area contributed by atoms with Gasteiger partial charge in [-0.05, 0) is 50.3 Å². The highest BCUT2D eigenvalue weighted by molar-refractivity contribution is 5.30. The van der Waals surface area contributed by atoms with Crippen LogP contribution in [-0.2, 0) is 5.60 Å². The third kappa shape index (κ3) is 1.95. The van der Waals surface area contributed by atoms with E-state index in [0.717, 1.165) is 12.0 Å². The molecule has 1 saturated heterocycles. The molecule has 0 aromatic heterocycles. The average Bonchev–Trinajstić information content (AvgIpc) is 3.09. The first-order valence-corrected chi connectivity index (χ1v) is 6.74. The van der Waals surface area contributed by atoms with Crippen molar-refractivity contribution in [2.75, 3.05) is 6.54 Å². The van der Waals surface area contributed by atoms with Crippen LogP contribution in [0.5, 0.6) is 0 Å². The highest BCUT2D eigenvalue weighted by atomic mass is 19.1. The van der Waals surface area contributed by atoms with Gasteiger partial charge in [-0.25, -0.2) is 4.39 Å². The van der Waals surface area contributed by atoms with Gasteiger partial charge in [0, 0.05) is 18.6 Å². The summed E-state index contributed by atoms with van der Waals surface area (Å²) in [5.74, 6) is -0.201. The van der Waals surface area contributed by atoms with Crippen molar-refractivity contribution < 1.29 is 9.50 Å². The van der Waals surface area contributed by atoms with Gasteiger partial charge in [0.1, 0.15) is 11.4 Å². The van der Waals surface area contributed by atoms with Crippen molar-refractivity contribution in [1.29, 1.82) is 0 Å². The summed E-state index contributed by atoms with van der Waals surface area (Å²) in [4.78, 5) is 2.40. The summed E-state index contributed by atoms with van der Waals surface area (Å²) < 4.78 is 13.3. The van der Waals surface area contributed by atoms with Crippen LogP contribution in [0.2, 0.25) is 0 Å². The summed E-state index contributed by atoms with van der Waals surface area (Å²) in [7, 11) is 0. The SMILES string of the molecule is Cc1cc(C2(O)CC(C)N(C3CC3)C2)ccc1F. The summed E-state index contributed by atoms with van der Waals surface area (Å²) in [6, 6.07) is 6.06. The monoisotopic (exact) mass is 249 g/mol. The summed E-state index contributed by atoms with van der Waals surface area (Å²) >= 11 is 0. The van der Waals surface area contributed by atoms with E-state index in [2.05, 4.69) is 11.8 Å². The lowest BCUT2D eigenvalue weighted by molar-refractivity contribution is 0.0450. The molecule has 3 rings (SSSR count). The first-order valence-electron chi connectivity index (χ1n) is 6.74. The number of rotatable bonds is 2. The van der Waals surface area contributed by atoms with E-state index >= 15 is 0 Å². The van der Waals surface area contributed by atoms with E-state index in [1.165, 1.54) is 18.9 Å². The van der Waals surface area contributed by atoms with E-state index in [-0.39, 0.29) is 5.82 Å². The molecule has 1 aromatic rings. The summed E-state index contributed by atoms with van der Waals surface area (Å²) in [6.07, 6.45) is 3.25. The zero-order valence-electron chi connectivity index (χ0n) is 11.0. The van der Waals surface area contributed by atoms with Crippen LogP contribution in [0.15, 0.2) is 18.2 Å². The van der Waals surface area contributed by atoms with Gasteiger partial charge in [-0.1, -0.05) is 12.1 Å². The molecular formula is C15H20FNO. The molecule has 2 fully saturated rings. The maximum absolute atomic E-state index is 13.3. The molecule has 18 heavy (non-hydrogen) atoms. The van der Waals surface area contributed by atoms with Gasteiger partial charge in [0.05, 0.1) is 0 Å². The van der Waals surface area contributed by atoms with E-state index in [9.17, 15) is 9.50 Å². The number of hydrogen-bond acceptors (Lipinski definition) is 2. The Morgan fingerprint density at radius 2 is 2.11 bits per heavy atom. The van der Waals surface area contributed by atoms with Gasteiger partial charge in [0.15, 0.2) is 0 Å². The number of β-amino-alcohol motifs (C(OH)–C–C–N with tert-alkyl or cyclic N) is 1. The number of halogens is 1. The molecule has 1 heterocycles. The van der Waals surface area contributed by atoms with Gasteiger partial charge < -0.3 is 5.11 Å². The van der Waals surface area contributed by atoms with Crippen molar-refractivity contribution in [3.05, 3.63) is 35.1 Å². The average molecular weight is 249 g/mol. The molecule has 1 aromatic carbocycles. The van der Waals surface area contributed by atoms with E-state index in [1.54, 1.807) is 19.1 Å². The quantitative estimate of drug-likeness (QED) is 0.871. The highest BCUT2D eigenvalue weighted by Gasteiger charge is 2.46. The number of benzene rings is 1. The predicted molar refractivity (Wildman–Crippen MR) is 68.8 cm³/mol. The number of likely N-dealkylation sites (tertiary alicyclic amines) is 1. The summed E-state index contributed by atoms with van der Waals surface area (Å²) in [5.41, 5.74) is 0.662. The Labute approximate surface area is 107 Å². The third-order valence-electron chi connectivity index (χ3n) is 4.35. The van der Waals surface area contributed by atoms with Crippen LogP contribution in [0.25, 0.3) is 0 Å². The fraction of sp³-hybridized carbons (Fsp3) is 0.600. The number of aryl methyl sites for hydroxylation is 1. The number of aliphatic hydroxyl groups is 1. The lowest BCUT2D eigenvalue weighted by Gasteiger charge is -2.24. The van der Waals surface area contributed by atoms with Crippen molar-refractivity contribution in [1.82, 2.24) is 4.90 Å². The number of hydrogen-bond donors (Lipinski definition) is 1. The standard InChI is InChI=1S/C15H20FNO/c1-10-7-12(3-6-14(10)16)15(18)8-11(2)17(9-15)13-4-5-13/h3,6-7,11,13,18H,4-5,8-9H2,1-2H3. The lowest BCUT2D eigenvalue weighted by Crippen LogP contribution is -2.33. The van der Waals surface area contributed by atoms with E-state index in [0.29, 0.717) is 24.2 Å². The molecule has 0 spiro atoms. The van der Waals surface area contributed by atoms with Gasteiger partial charge in [-0.15, -0.1) is 0 Å². The van der Waals surface area contributed by atoms with Crippen LogP contribution in [0.4, 0.5) is 4.39 Å². The van der Waals surface area contributed by atoms with E-state index < -0.39 is 5.60 Å². The molecule has 1 aliphatic heterocycles. The van der Waals surface area contributed by atoms with Crippen molar-refractivity contribution in [2.24, 2.45) is 0 Å². The number of nitrogens with zero attached hydrogens (tertiary/aromatic N) is 1. The molecule has 3 heteroatoms. The van der Waals surface area contributed by atoms with Crippen molar-refractivity contribution in [3.8, 4) is 0 Å². The molecule has 0 amide bonds. The molecule has 1 saturated carbocycles. The van der Waals surface area contributed by atoms with Gasteiger partial charge in [-0.2, -0.15) is 0 Å². The Bertz CT molecular complexity index is 472. The smallest absolute Gasteiger partial charge is 0.126 e.